The van der Waals surface area contributed by atoms with Crippen LogP contribution in [0.2, 0.25) is 5.02 Å². The molecular weight excluding hydrogens is 633 g/mol. The van der Waals surface area contributed by atoms with E-state index in [-0.39, 0.29) is 17.4 Å². The lowest BCUT2D eigenvalue weighted by Gasteiger charge is -2.15. The van der Waals surface area contributed by atoms with E-state index in [9.17, 15) is 28.1 Å². The number of thiocarbonyl (C=S) groups is 1. The van der Waals surface area contributed by atoms with Crippen molar-refractivity contribution in [3.05, 3.63) is 90.2 Å². The number of methoxy groups -OCH3 is 1. The molecule has 1 fully saturated rings. The van der Waals surface area contributed by atoms with Gasteiger partial charge in [-0.1, -0.05) is 41.6 Å². The van der Waals surface area contributed by atoms with Crippen molar-refractivity contribution in [1.29, 1.82) is 0 Å². The van der Waals surface area contributed by atoms with E-state index in [0.717, 1.165) is 17.8 Å². The van der Waals surface area contributed by atoms with Crippen molar-refractivity contribution in [2.24, 2.45) is 0 Å². The zero-order valence-electron chi connectivity index (χ0n) is 18.9. The van der Waals surface area contributed by atoms with Gasteiger partial charge in [0.1, 0.15) is 11.5 Å². The number of anilines is 1. The van der Waals surface area contributed by atoms with E-state index in [1.807, 2.05) is 0 Å². The number of carbonyl (C=O) groups excluding carboxylic acids is 1. The molecule has 3 aromatic carbocycles. The molecule has 7 nitrogen and oxygen atoms in total. The van der Waals surface area contributed by atoms with Crippen LogP contribution in [0.5, 0.6) is 17.2 Å². The summed E-state index contributed by atoms with van der Waals surface area (Å²) in [6, 6.07) is 11.5. The third kappa shape index (κ3) is 5.80. The Morgan fingerprint density at radius 1 is 1.11 bits per heavy atom. The Balaban J connectivity index is 1.58. The Morgan fingerprint density at radius 2 is 1.79 bits per heavy atom. The standard InChI is InChI=1S/C24H13BrClF3N2O5S2/c1-35-19-7-4-14(11-16(19)26)30-22(32)21(38-23(30)37)9-12-2-5-18(15(25)8-12)36-20-6-3-13(24(27,28)29)10-17(20)31(33)34/h2-11H,1H3/b21-9+. The zero-order chi connectivity index (χ0) is 27.8. The first kappa shape index (κ1) is 27.9. The second kappa shape index (κ2) is 10.9. The number of benzene rings is 3. The van der Waals surface area contributed by atoms with Crippen LogP contribution in [-0.2, 0) is 11.0 Å². The summed E-state index contributed by atoms with van der Waals surface area (Å²) in [5.74, 6) is -0.163. The van der Waals surface area contributed by atoms with Crippen molar-refractivity contribution >= 4 is 79.2 Å². The summed E-state index contributed by atoms with van der Waals surface area (Å²) >= 11 is 16.0. The largest absolute Gasteiger partial charge is 0.495 e. The van der Waals surface area contributed by atoms with Gasteiger partial charge in [0.05, 0.1) is 37.7 Å². The lowest BCUT2D eigenvalue weighted by molar-refractivity contribution is -0.385. The molecule has 0 spiro atoms. The molecule has 3 aromatic rings. The Bertz CT molecular complexity index is 1520. The van der Waals surface area contributed by atoms with Crippen LogP contribution in [0.15, 0.2) is 64.0 Å². The first-order valence-corrected chi connectivity index (χ1v) is 12.7. The molecule has 0 N–H and O–H groups in total. The minimum absolute atomic E-state index is 0.116. The van der Waals surface area contributed by atoms with Gasteiger partial charge in [-0.15, -0.1) is 0 Å². The van der Waals surface area contributed by atoms with E-state index in [4.69, 9.17) is 33.3 Å². The van der Waals surface area contributed by atoms with Crippen LogP contribution in [-0.4, -0.2) is 22.3 Å². The predicted molar refractivity (Wildman–Crippen MR) is 146 cm³/mol. The molecule has 14 heteroatoms. The van der Waals surface area contributed by atoms with Gasteiger partial charge in [0, 0.05) is 6.07 Å². The van der Waals surface area contributed by atoms with Gasteiger partial charge in [0.25, 0.3) is 5.91 Å². The predicted octanol–water partition coefficient (Wildman–Crippen LogP) is 8.24. The molecule has 0 aliphatic carbocycles. The maximum absolute atomic E-state index is 13.1. The van der Waals surface area contributed by atoms with Crippen molar-refractivity contribution in [2.45, 2.75) is 6.18 Å². The second-order valence-corrected chi connectivity index (χ2v) is 10.5. The van der Waals surface area contributed by atoms with E-state index < -0.39 is 22.4 Å². The van der Waals surface area contributed by atoms with Gasteiger partial charge in [-0.3, -0.25) is 19.8 Å². The fourth-order valence-corrected chi connectivity index (χ4v) is 5.40. The lowest BCUT2D eigenvalue weighted by Crippen LogP contribution is -2.27. The normalized spacial score (nSPS) is 14.8. The topological polar surface area (TPSA) is 81.9 Å². The highest BCUT2D eigenvalue weighted by Gasteiger charge is 2.35. The summed E-state index contributed by atoms with van der Waals surface area (Å²) in [5, 5.41) is 11.7. The highest BCUT2D eigenvalue weighted by Crippen LogP contribution is 2.41. The minimum atomic E-state index is -4.74. The van der Waals surface area contributed by atoms with Gasteiger partial charge >= 0.3 is 11.9 Å². The highest BCUT2D eigenvalue weighted by atomic mass is 79.9. The Kier molecular flexibility index (Phi) is 8.02. The molecule has 0 atom stereocenters. The molecule has 0 bridgehead atoms. The first-order valence-electron chi connectivity index (χ1n) is 10.3. The molecule has 0 radical (unpaired) electrons. The summed E-state index contributed by atoms with van der Waals surface area (Å²) in [4.78, 5) is 25.1. The van der Waals surface area contributed by atoms with Crippen molar-refractivity contribution < 1.29 is 32.4 Å². The molecular formula is C24H13BrClF3N2O5S2. The number of nitro benzene ring substituents is 1. The van der Waals surface area contributed by atoms with E-state index in [0.29, 0.717) is 47.9 Å². The molecule has 38 heavy (non-hydrogen) atoms. The third-order valence-electron chi connectivity index (χ3n) is 5.14. The van der Waals surface area contributed by atoms with Gasteiger partial charge in [-0.05, 0) is 70.0 Å². The fraction of sp³-hybridized carbons (Fsp3) is 0.0833. The van der Waals surface area contributed by atoms with Gasteiger partial charge in [0.15, 0.2) is 4.32 Å². The average molecular weight is 646 g/mol. The summed E-state index contributed by atoms with van der Waals surface area (Å²) < 4.78 is 50.2. The SMILES string of the molecule is COc1ccc(N2C(=O)/C(=C\c3ccc(Oc4ccc(C(F)(F)F)cc4[N+](=O)[O-])c(Br)c3)SC2=S)cc1Cl. The van der Waals surface area contributed by atoms with Crippen LogP contribution in [0.3, 0.4) is 0 Å². The number of alkyl halides is 3. The number of nitro groups is 1. The average Bonchev–Trinajstić information content (AvgIpc) is 3.12. The Morgan fingerprint density at radius 3 is 2.39 bits per heavy atom. The van der Waals surface area contributed by atoms with Crippen LogP contribution in [0.25, 0.3) is 6.08 Å². The van der Waals surface area contributed by atoms with Crippen LogP contribution >= 0.6 is 51.5 Å². The van der Waals surface area contributed by atoms with E-state index in [1.54, 1.807) is 36.4 Å². The van der Waals surface area contributed by atoms with Crippen LogP contribution in [0.1, 0.15) is 11.1 Å². The molecule has 1 aliphatic rings. The molecule has 4 rings (SSSR count). The summed E-state index contributed by atoms with van der Waals surface area (Å²) in [6.07, 6.45) is -3.15. The summed E-state index contributed by atoms with van der Waals surface area (Å²) in [7, 11) is 1.47. The van der Waals surface area contributed by atoms with Gasteiger partial charge < -0.3 is 9.47 Å². The summed E-state index contributed by atoms with van der Waals surface area (Å²) in [5.41, 5.74) is -0.956. The molecule has 0 saturated carbocycles. The van der Waals surface area contributed by atoms with E-state index in [2.05, 4.69) is 15.9 Å². The maximum Gasteiger partial charge on any atom is 0.416 e. The van der Waals surface area contributed by atoms with Crippen molar-refractivity contribution in [3.63, 3.8) is 0 Å². The number of thioether (sulfide) groups is 1. The molecule has 1 heterocycles. The van der Waals surface area contributed by atoms with Crippen molar-refractivity contribution in [3.8, 4) is 17.2 Å². The molecule has 196 valence electrons. The van der Waals surface area contributed by atoms with E-state index in [1.165, 1.54) is 18.1 Å². The zero-order valence-corrected chi connectivity index (χ0v) is 22.9. The number of carbonyl (C=O) groups is 1. The fourth-order valence-electron chi connectivity index (χ4n) is 3.37. The second-order valence-electron chi connectivity index (χ2n) is 7.57. The first-order chi connectivity index (χ1) is 17.9. The third-order valence-corrected chi connectivity index (χ3v) is 7.36. The number of rotatable bonds is 6. The summed E-state index contributed by atoms with van der Waals surface area (Å²) in [6.45, 7) is 0. The number of hydrogen-bond donors (Lipinski definition) is 0. The molecule has 1 amide bonds. The molecule has 0 unspecified atom stereocenters. The number of halogens is 5. The number of nitrogens with zero attached hydrogens (tertiary/aromatic N) is 2. The van der Waals surface area contributed by atoms with Crippen molar-refractivity contribution in [1.82, 2.24) is 0 Å². The van der Waals surface area contributed by atoms with Crippen LogP contribution in [0.4, 0.5) is 24.5 Å². The van der Waals surface area contributed by atoms with Gasteiger partial charge in [0.2, 0.25) is 5.75 Å². The molecule has 1 aliphatic heterocycles. The van der Waals surface area contributed by atoms with Crippen LogP contribution < -0.4 is 14.4 Å². The number of hydrogen-bond acceptors (Lipinski definition) is 7. The number of ether oxygens (including phenoxy) is 2. The highest BCUT2D eigenvalue weighted by molar-refractivity contribution is 9.10. The number of amides is 1. The Hall–Kier alpha value is -3.13. The van der Waals surface area contributed by atoms with E-state index >= 15 is 0 Å². The van der Waals surface area contributed by atoms with Crippen LogP contribution in [0, 0.1) is 10.1 Å². The molecule has 0 aromatic heterocycles. The Labute approximate surface area is 236 Å². The maximum atomic E-state index is 13.1. The minimum Gasteiger partial charge on any atom is -0.495 e. The smallest absolute Gasteiger partial charge is 0.416 e. The monoisotopic (exact) mass is 644 g/mol. The quantitative estimate of drug-likeness (QED) is 0.116. The van der Waals surface area contributed by atoms with Gasteiger partial charge in [-0.25, -0.2) is 0 Å². The lowest BCUT2D eigenvalue weighted by atomic mass is 10.1. The molecule has 1 saturated heterocycles. The van der Waals surface area contributed by atoms with Gasteiger partial charge in [-0.2, -0.15) is 13.2 Å². The van der Waals surface area contributed by atoms with Crippen molar-refractivity contribution in [2.75, 3.05) is 12.0 Å².